The van der Waals surface area contributed by atoms with Crippen LogP contribution in [0.15, 0.2) is 22.8 Å². The smallest absolute Gasteiger partial charge is 0.163 e. The van der Waals surface area contributed by atoms with Crippen LogP contribution in [0.5, 0.6) is 0 Å². The molecule has 2 aliphatic rings. The number of aliphatic hydroxyl groups is 1. The molecule has 3 rings (SSSR count). The average Bonchev–Trinajstić information content (AvgIpc) is 2.87. The molecule has 0 unspecified atom stereocenters. The van der Waals surface area contributed by atoms with E-state index in [1.54, 1.807) is 0 Å². The second-order valence-electron chi connectivity index (χ2n) is 9.67. The van der Waals surface area contributed by atoms with E-state index in [1.807, 2.05) is 46.1 Å². The summed E-state index contributed by atoms with van der Waals surface area (Å²) in [5, 5.41) is 12.7. The van der Waals surface area contributed by atoms with Crippen LogP contribution in [0.1, 0.15) is 69.7 Å². The van der Waals surface area contributed by atoms with Crippen molar-refractivity contribution in [3.63, 3.8) is 0 Å². The number of carbonyl (C=O) groups excluding carboxylic acids is 3. The van der Waals surface area contributed by atoms with E-state index in [1.165, 1.54) is 11.3 Å². The lowest BCUT2D eigenvalue weighted by Crippen LogP contribution is -2.43. The van der Waals surface area contributed by atoms with Crippen LogP contribution in [0.4, 0.5) is 0 Å². The number of aryl methyl sites for hydroxylation is 1. The van der Waals surface area contributed by atoms with Gasteiger partial charge in [0, 0.05) is 42.1 Å². The standard InChI is InChI=1S/C22H28O4S/c1-12-6-7-27-20(12)19(17-13(23)8-21(2,3)9-14(17)24)18-15(25)10-22(4,5)11-16(18)26/h6-7,17,19,25H,8-11H2,1-5H3/t19-/m0/s1. The van der Waals surface area contributed by atoms with Gasteiger partial charge in [0.25, 0.3) is 0 Å². The summed E-state index contributed by atoms with van der Waals surface area (Å²) >= 11 is 1.45. The van der Waals surface area contributed by atoms with E-state index < -0.39 is 11.8 Å². The molecule has 5 heteroatoms. The number of hydrogen-bond donors (Lipinski definition) is 1. The molecule has 0 amide bonds. The highest BCUT2D eigenvalue weighted by Gasteiger charge is 2.49. The van der Waals surface area contributed by atoms with Crippen LogP contribution in [0.25, 0.3) is 0 Å². The fraction of sp³-hybridized carbons (Fsp3) is 0.591. The lowest BCUT2D eigenvalue weighted by molar-refractivity contribution is -0.140. The van der Waals surface area contributed by atoms with Gasteiger partial charge in [-0.05, 0) is 34.8 Å². The molecule has 1 aromatic rings. The van der Waals surface area contributed by atoms with Gasteiger partial charge < -0.3 is 5.11 Å². The molecule has 1 heterocycles. The van der Waals surface area contributed by atoms with Gasteiger partial charge in [0.1, 0.15) is 17.3 Å². The topological polar surface area (TPSA) is 71.4 Å². The van der Waals surface area contributed by atoms with Crippen LogP contribution in [0, 0.1) is 23.7 Å². The van der Waals surface area contributed by atoms with E-state index in [0.29, 0.717) is 25.7 Å². The molecule has 0 saturated heterocycles. The normalized spacial score (nSPS) is 24.4. The lowest BCUT2D eigenvalue weighted by atomic mass is 9.63. The molecule has 0 spiro atoms. The molecule has 0 aromatic carbocycles. The number of ketones is 3. The van der Waals surface area contributed by atoms with Crippen LogP contribution in [-0.2, 0) is 14.4 Å². The van der Waals surface area contributed by atoms with E-state index in [9.17, 15) is 19.5 Å². The summed E-state index contributed by atoms with van der Waals surface area (Å²) in [6, 6.07) is 1.93. The third-order valence-corrected chi connectivity index (χ3v) is 6.83. The van der Waals surface area contributed by atoms with Crippen LogP contribution >= 0.6 is 11.3 Å². The van der Waals surface area contributed by atoms with Gasteiger partial charge in [-0.3, -0.25) is 14.4 Å². The molecule has 1 fully saturated rings. The minimum Gasteiger partial charge on any atom is -0.512 e. The van der Waals surface area contributed by atoms with Crippen molar-refractivity contribution in [1.29, 1.82) is 0 Å². The Bertz CT molecular complexity index is 820. The van der Waals surface area contributed by atoms with Gasteiger partial charge >= 0.3 is 0 Å². The van der Waals surface area contributed by atoms with E-state index >= 15 is 0 Å². The minimum atomic E-state index is -0.877. The van der Waals surface area contributed by atoms with Crippen LogP contribution in [0.3, 0.4) is 0 Å². The minimum absolute atomic E-state index is 0.0412. The summed E-state index contributed by atoms with van der Waals surface area (Å²) in [6.45, 7) is 9.67. The molecular weight excluding hydrogens is 360 g/mol. The number of Topliss-reactive ketones (excluding diaryl/α,β-unsaturated/α-hetero) is 3. The Morgan fingerprint density at radius 2 is 1.56 bits per heavy atom. The summed E-state index contributed by atoms with van der Waals surface area (Å²) in [7, 11) is 0. The SMILES string of the molecule is Cc1ccsc1[C@H](C1=C(O)CC(C)(C)CC1=O)C1C(=O)CC(C)(C)CC1=O. The number of carbonyl (C=O) groups is 3. The molecule has 4 nitrogen and oxygen atoms in total. The fourth-order valence-electron chi connectivity index (χ4n) is 4.58. The van der Waals surface area contributed by atoms with E-state index in [2.05, 4.69) is 0 Å². The van der Waals surface area contributed by atoms with Crippen molar-refractivity contribution in [3.8, 4) is 0 Å². The van der Waals surface area contributed by atoms with Crippen molar-refractivity contribution in [3.05, 3.63) is 33.2 Å². The monoisotopic (exact) mass is 388 g/mol. The first-order chi connectivity index (χ1) is 12.4. The zero-order valence-corrected chi connectivity index (χ0v) is 17.5. The quantitative estimate of drug-likeness (QED) is 0.746. The van der Waals surface area contributed by atoms with E-state index in [0.717, 1.165) is 10.4 Å². The zero-order valence-electron chi connectivity index (χ0n) is 16.7. The van der Waals surface area contributed by atoms with Crippen molar-refractivity contribution in [2.45, 2.75) is 66.2 Å². The Morgan fingerprint density at radius 3 is 2.04 bits per heavy atom. The number of hydrogen-bond acceptors (Lipinski definition) is 5. The fourth-order valence-corrected chi connectivity index (χ4v) is 5.66. The molecule has 2 aliphatic carbocycles. The van der Waals surface area contributed by atoms with Gasteiger partial charge in [0.15, 0.2) is 5.78 Å². The van der Waals surface area contributed by atoms with E-state index in [-0.39, 0.29) is 39.5 Å². The summed E-state index contributed by atoms with van der Waals surface area (Å²) in [6.07, 6.45) is 1.33. The molecule has 0 aliphatic heterocycles. The van der Waals surface area contributed by atoms with E-state index in [4.69, 9.17) is 0 Å². The summed E-state index contributed by atoms with van der Waals surface area (Å²) in [4.78, 5) is 39.9. The molecule has 1 N–H and O–H groups in total. The van der Waals surface area contributed by atoms with Crippen LogP contribution < -0.4 is 0 Å². The number of aliphatic hydroxyl groups excluding tert-OH is 1. The largest absolute Gasteiger partial charge is 0.512 e. The molecular formula is C22H28O4S. The third kappa shape index (κ3) is 3.79. The van der Waals surface area contributed by atoms with Gasteiger partial charge in [0.2, 0.25) is 0 Å². The molecule has 146 valence electrons. The summed E-state index contributed by atoms with van der Waals surface area (Å²) in [5.41, 5.74) is 0.566. The second-order valence-corrected chi connectivity index (χ2v) is 10.6. The predicted octanol–water partition coefficient (Wildman–Crippen LogP) is 4.92. The lowest BCUT2D eigenvalue weighted by Gasteiger charge is -2.38. The number of rotatable bonds is 3. The molecule has 1 atom stereocenters. The number of allylic oxidation sites excluding steroid dienone is 2. The Labute approximate surface area is 164 Å². The van der Waals surface area contributed by atoms with Crippen LogP contribution in [0.2, 0.25) is 0 Å². The third-order valence-electron chi connectivity index (χ3n) is 5.72. The Balaban J connectivity index is 2.15. The van der Waals surface area contributed by atoms with Gasteiger partial charge in [-0.25, -0.2) is 0 Å². The summed E-state index contributed by atoms with van der Waals surface area (Å²) < 4.78 is 0. The van der Waals surface area contributed by atoms with Crippen molar-refractivity contribution in [2.75, 3.05) is 0 Å². The maximum absolute atomic E-state index is 13.0. The molecule has 0 bridgehead atoms. The van der Waals surface area contributed by atoms with Gasteiger partial charge in [0.05, 0.1) is 5.92 Å². The maximum atomic E-state index is 13.0. The first-order valence-corrected chi connectivity index (χ1v) is 10.3. The van der Waals surface area contributed by atoms with Crippen molar-refractivity contribution in [1.82, 2.24) is 0 Å². The average molecular weight is 389 g/mol. The summed E-state index contributed by atoms with van der Waals surface area (Å²) in [5.74, 6) is -1.88. The Kier molecular flexibility index (Phi) is 4.96. The Hall–Kier alpha value is -1.75. The maximum Gasteiger partial charge on any atom is 0.163 e. The van der Waals surface area contributed by atoms with Crippen LogP contribution in [-0.4, -0.2) is 22.5 Å². The zero-order chi connectivity index (χ0) is 20.1. The number of thiophene rings is 1. The molecule has 0 radical (unpaired) electrons. The molecule has 1 aromatic heterocycles. The van der Waals surface area contributed by atoms with Crippen molar-refractivity contribution < 1.29 is 19.5 Å². The first-order valence-electron chi connectivity index (χ1n) is 9.46. The predicted molar refractivity (Wildman–Crippen MR) is 106 cm³/mol. The molecule has 1 saturated carbocycles. The van der Waals surface area contributed by atoms with Gasteiger partial charge in [-0.1, -0.05) is 27.7 Å². The van der Waals surface area contributed by atoms with Gasteiger partial charge in [-0.15, -0.1) is 11.3 Å². The molecule has 27 heavy (non-hydrogen) atoms. The van der Waals surface area contributed by atoms with Crippen molar-refractivity contribution >= 4 is 28.7 Å². The van der Waals surface area contributed by atoms with Crippen molar-refractivity contribution in [2.24, 2.45) is 16.7 Å². The Morgan fingerprint density at radius 1 is 1.00 bits per heavy atom. The second kappa shape index (κ2) is 6.69. The highest BCUT2D eigenvalue weighted by atomic mass is 32.1. The van der Waals surface area contributed by atoms with Gasteiger partial charge in [-0.2, -0.15) is 0 Å². The first kappa shape index (κ1) is 20.0. The highest BCUT2D eigenvalue weighted by Crippen LogP contribution is 2.49. The highest BCUT2D eigenvalue weighted by molar-refractivity contribution is 7.10.